The molecule has 1 aliphatic carbocycles. The summed E-state index contributed by atoms with van der Waals surface area (Å²) in [5.41, 5.74) is -2.06. The number of carbonyl (C=O) groups excluding carboxylic acids is 1. The number of halogens is 3. The fraction of sp³-hybridized carbons (Fsp3) is 0.818. The molecule has 0 aromatic carbocycles. The first-order valence-electron chi connectivity index (χ1n) is 6.03. The highest BCUT2D eigenvalue weighted by atomic mass is 19.4. The van der Waals surface area contributed by atoms with Gasteiger partial charge in [-0.3, -0.25) is 4.79 Å². The Morgan fingerprint density at radius 3 is 2.26 bits per heavy atom. The van der Waals surface area contributed by atoms with Gasteiger partial charge in [0.05, 0.1) is 5.92 Å². The quantitative estimate of drug-likeness (QED) is 0.822. The second-order valence-corrected chi connectivity index (χ2v) is 5.30. The Bertz CT molecular complexity index is 400. The molecule has 2 aliphatic rings. The number of hydrogen-bond acceptors (Lipinski definition) is 2. The molecule has 1 atom stereocenters. The number of carboxylic acid groups (broad SMARTS) is 1. The van der Waals surface area contributed by atoms with E-state index in [4.69, 9.17) is 5.11 Å². The minimum Gasteiger partial charge on any atom is -0.481 e. The molecule has 2 rings (SSSR count). The third-order valence-electron chi connectivity index (χ3n) is 3.93. The van der Waals surface area contributed by atoms with Gasteiger partial charge >= 0.3 is 18.2 Å². The highest BCUT2D eigenvalue weighted by molar-refractivity contribution is 5.77. The van der Waals surface area contributed by atoms with E-state index < -0.39 is 29.6 Å². The summed E-state index contributed by atoms with van der Waals surface area (Å²) in [4.78, 5) is 23.6. The van der Waals surface area contributed by atoms with Gasteiger partial charge in [0, 0.05) is 19.0 Å². The van der Waals surface area contributed by atoms with Crippen molar-refractivity contribution in [2.24, 2.45) is 11.8 Å². The van der Waals surface area contributed by atoms with Crippen molar-refractivity contribution < 1.29 is 27.9 Å². The predicted octanol–water partition coefficient (Wildman–Crippen LogP) is 1.44. The van der Waals surface area contributed by atoms with Gasteiger partial charge < -0.3 is 15.3 Å². The van der Waals surface area contributed by atoms with E-state index in [1.54, 1.807) is 0 Å². The summed E-state index contributed by atoms with van der Waals surface area (Å²) < 4.78 is 37.9. The average Bonchev–Trinajstić information content (AvgIpc) is 2.94. The van der Waals surface area contributed by atoms with E-state index in [-0.39, 0.29) is 31.8 Å². The number of nitrogens with one attached hydrogen (secondary N) is 1. The van der Waals surface area contributed by atoms with Crippen molar-refractivity contribution in [3.05, 3.63) is 0 Å². The Morgan fingerprint density at radius 2 is 1.89 bits per heavy atom. The lowest BCUT2D eigenvalue weighted by Crippen LogP contribution is -2.60. The molecule has 1 aliphatic heterocycles. The first-order valence-corrected chi connectivity index (χ1v) is 6.03. The van der Waals surface area contributed by atoms with Gasteiger partial charge in [-0.15, -0.1) is 0 Å². The number of hydrogen-bond donors (Lipinski definition) is 2. The standard InChI is InChI=1S/C11H15F3N2O3/c1-6(8(17)18)7-4-16(5-7)9(19)15-10(2-3-10)11(12,13)14/h6-7H,2-5H2,1H3,(H,15,19)(H,17,18). The molecule has 0 bridgehead atoms. The zero-order valence-corrected chi connectivity index (χ0v) is 10.3. The zero-order valence-electron chi connectivity index (χ0n) is 10.3. The molecule has 1 unspecified atom stereocenters. The number of nitrogens with zero attached hydrogens (tertiary/aromatic N) is 1. The normalized spacial score (nSPS) is 23.5. The lowest BCUT2D eigenvalue weighted by Gasteiger charge is -2.41. The van der Waals surface area contributed by atoms with Crippen molar-refractivity contribution in [3.8, 4) is 0 Å². The van der Waals surface area contributed by atoms with Gasteiger partial charge in [0.25, 0.3) is 0 Å². The number of likely N-dealkylation sites (tertiary alicyclic amines) is 1. The molecule has 2 amide bonds. The zero-order chi connectivity index (χ0) is 14.4. The van der Waals surface area contributed by atoms with Gasteiger partial charge in [0.2, 0.25) is 0 Å². The molecular formula is C11H15F3N2O3. The molecule has 1 saturated heterocycles. The minimum atomic E-state index is -4.43. The van der Waals surface area contributed by atoms with Crippen LogP contribution in [-0.2, 0) is 4.79 Å². The maximum absolute atomic E-state index is 12.6. The molecule has 0 radical (unpaired) electrons. The molecule has 5 nitrogen and oxygen atoms in total. The SMILES string of the molecule is CC(C(=O)O)C1CN(C(=O)NC2(C(F)(F)F)CC2)C1. The maximum atomic E-state index is 12.6. The minimum absolute atomic E-state index is 0.0922. The molecular weight excluding hydrogens is 265 g/mol. The van der Waals surface area contributed by atoms with Crippen molar-refractivity contribution in [2.45, 2.75) is 31.5 Å². The second kappa shape index (κ2) is 4.28. The summed E-state index contributed by atoms with van der Waals surface area (Å²) in [5, 5.41) is 10.8. The van der Waals surface area contributed by atoms with Gasteiger partial charge in [-0.1, -0.05) is 6.92 Å². The first kappa shape index (κ1) is 14.0. The van der Waals surface area contributed by atoms with Crippen LogP contribution in [0.2, 0.25) is 0 Å². The fourth-order valence-corrected chi connectivity index (χ4v) is 2.08. The highest BCUT2D eigenvalue weighted by Crippen LogP contribution is 2.49. The predicted molar refractivity (Wildman–Crippen MR) is 58.4 cm³/mol. The molecule has 1 heterocycles. The third kappa shape index (κ3) is 2.48. The van der Waals surface area contributed by atoms with Crippen LogP contribution in [0.5, 0.6) is 0 Å². The summed E-state index contributed by atoms with van der Waals surface area (Å²) in [6.07, 6.45) is -4.61. The summed E-state index contributed by atoms with van der Waals surface area (Å²) in [6, 6.07) is -0.760. The lowest BCUT2D eigenvalue weighted by molar-refractivity contribution is -0.163. The number of amides is 2. The van der Waals surface area contributed by atoms with Crippen molar-refractivity contribution >= 4 is 12.0 Å². The van der Waals surface area contributed by atoms with Crippen molar-refractivity contribution in [2.75, 3.05) is 13.1 Å². The van der Waals surface area contributed by atoms with Gasteiger partial charge in [-0.05, 0) is 12.8 Å². The van der Waals surface area contributed by atoms with E-state index in [1.807, 2.05) is 5.32 Å². The summed E-state index contributed by atoms with van der Waals surface area (Å²) >= 11 is 0. The van der Waals surface area contributed by atoms with E-state index in [0.717, 1.165) is 0 Å². The van der Waals surface area contributed by atoms with Crippen LogP contribution in [0.1, 0.15) is 19.8 Å². The molecule has 8 heteroatoms. The van der Waals surface area contributed by atoms with Crippen LogP contribution in [0.25, 0.3) is 0 Å². The Kier molecular flexibility index (Phi) is 3.14. The van der Waals surface area contributed by atoms with Crippen molar-refractivity contribution in [1.29, 1.82) is 0 Å². The van der Waals surface area contributed by atoms with Gasteiger partial charge in [-0.2, -0.15) is 13.2 Å². The number of carbonyl (C=O) groups is 2. The largest absolute Gasteiger partial charge is 0.481 e. The Labute approximate surface area is 107 Å². The fourth-order valence-electron chi connectivity index (χ4n) is 2.08. The van der Waals surface area contributed by atoms with E-state index >= 15 is 0 Å². The smallest absolute Gasteiger partial charge is 0.411 e. The molecule has 0 aromatic rings. The van der Waals surface area contributed by atoms with Crippen LogP contribution in [0.3, 0.4) is 0 Å². The van der Waals surface area contributed by atoms with Gasteiger partial charge in [0.1, 0.15) is 5.54 Å². The maximum Gasteiger partial charge on any atom is 0.411 e. The summed E-state index contributed by atoms with van der Waals surface area (Å²) in [7, 11) is 0. The van der Waals surface area contributed by atoms with E-state index in [1.165, 1.54) is 11.8 Å². The van der Waals surface area contributed by atoms with Crippen molar-refractivity contribution in [3.63, 3.8) is 0 Å². The van der Waals surface area contributed by atoms with Crippen LogP contribution in [0.4, 0.5) is 18.0 Å². The molecule has 19 heavy (non-hydrogen) atoms. The second-order valence-electron chi connectivity index (χ2n) is 5.30. The Morgan fingerprint density at radius 1 is 1.37 bits per heavy atom. The van der Waals surface area contributed by atoms with E-state index in [0.29, 0.717) is 0 Å². The lowest BCUT2D eigenvalue weighted by atomic mass is 9.87. The van der Waals surface area contributed by atoms with Crippen LogP contribution < -0.4 is 5.32 Å². The molecule has 108 valence electrons. The van der Waals surface area contributed by atoms with Crippen LogP contribution in [0, 0.1) is 11.8 Å². The summed E-state index contributed by atoms with van der Waals surface area (Å²) in [5.74, 6) is -1.75. The van der Waals surface area contributed by atoms with Gasteiger partial charge in [-0.25, -0.2) is 4.79 Å². The Balaban J connectivity index is 1.83. The molecule has 2 N–H and O–H groups in total. The van der Waals surface area contributed by atoms with Crippen molar-refractivity contribution in [1.82, 2.24) is 10.2 Å². The first-order chi connectivity index (χ1) is 8.66. The topological polar surface area (TPSA) is 69.6 Å². The number of aliphatic carboxylic acids is 1. The number of urea groups is 1. The molecule has 1 saturated carbocycles. The number of alkyl halides is 3. The number of rotatable bonds is 3. The van der Waals surface area contributed by atoms with E-state index in [9.17, 15) is 22.8 Å². The van der Waals surface area contributed by atoms with Crippen LogP contribution >= 0.6 is 0 Å². The molecule has 0 spiro atoms. The monoisotopic (exact) mass is 280 g/mol. The van der Waals surface area contributed by atoms with Gasteiger partial charge in [0.15, 0.2) is 0 Å². The third-order valence-corrected chi connectivity index (χ3v) is 3.93. The number of carboxylic acids is 1. The van der Waals surface area contributed by atoms with E-state index in [2.05, 4.69) is 0 Å². The average molecular weight is 280 g/mol. The molecule has 0 aromatic heterocycles. The summed E-state index contributed by atoms with van der Waals surface area (Å²) in [6.45, 7) is 1.90. The van der Waals surface area contributed by atoms with Crippen LogP contribution in [0.15, 0.2) is 0 Å². The Hall–Kier alpha value is -1.47. The highest BCUT2D eigenvalue weighted by Gasteiger charge is 2.64. The van der Waals surface area contributed by atoms with Crippen LogP contribution in [-0.4, -0.2) is 46.8 Å². The molecule has 2 fully saturated rings.